The van der Waals surface area contributed by atoms with E-state index in [2.05, 4.69) is 29.2 Å². The number of aryl methyl sites for hydroxylation is 1. The molecule has 0 fully saturated rings. The first-order valence-electron chi connectivity index (χ1n) is 5.02. The van der Waals surface area contributed by atoms with Gasteiger partial charge in [-0.3, -0.25) is 4.90 Å². The van der Waals surface area contributed by atoms with E-state index >= 15 is 0 Å². The molecule has 1 aromatic heterocycles. The van der Waals surface area contributed by atoms with E-state index in [0.29, 0.717) is 0 Å². The third-order valence-corrected chi connectivity index (χ3v) is 2.18. The summed E-state index contributed by atoms with van der Waals surface area (Å²) in [6.07, 6.45) is 1.50. The van der Waals surface area contributed by atoms with Crippen molar-refractivity contribution in [3.05, 3.63) is 17.8 Å². The topological polar surface area (TPSA) is 41.3 Å². The molecule has 1 N–H and O–H groups in total. The molecule has 4 nitrogen and oxygen atoms in total. The van der Waals surface area contributed by atoms with Crippen LogP contribution in [0.3, 0.4) is 0 Å². The van der Waals surface area contributed by atoms with Crippen LogP contribution in [-0.2, 0) is 6.54 Å². The molecule has 1 heterocycles. The summed E-state index contributed by atoms with van der Waals surface area (Å²) >= 11 is 0. The van der Waals surface area contributed by atoms with Gasteiger partial charge in [-0.25, -0.2) is 4.98 Å². The van der Waals surface area contributed by atoms with Gasteiger partial charge in [0.2, 0.25) is 0 Å². The van der Waals surface area contributed by atoms with E-state index in [1.165, 1.54) is 6.39 Å². The molecule has 1 aromatic rings. The van der Waals surface area contributed by atoms with Crippen LogP contribution in [0.4, 0.5) is 0 Å². The average molecular weight is 197 g/mol. The van der Waals surface area contributed by atoms with Crippen molar-refractivity contribution in [2.75, 3.05) is 26.7 Å². The summed E-state index contributed by atoms with van der Waals surface area (Å²) in [7, 11) is 2.08. The van der Waals surface area contributed by atoms with E-state index in [1.807, 2.05) is 6.92 Å². The Balaban J connectivity index is 2.27. The van der Waals surface area contributed by atoms with Gasteiger partial charge in [-0.1, -0.05) is 6.92 Å². The van der Waals surface area contributed by atoms with Crippen molar-refractivity contribution in [1.29, 1.82) is 0 Å². The highest BCUT2D eigenvalue weighted by Crippen LogP contribution is 2.06. The van der Waals surface area contributed by atoms with Crippen LogP contribution >= 0.6 is 0 Å². The second-order valence-corrected chi connectivity index (χ2v) is 3.45. The molecule has 0 amide bonds. The Bertz CT molecular complexity index is 260. The maximum absolute atomic E-state index is 5.27. The maximum atomic E-state index is 5.27. The van der Waals surface area contributed by atoms with Gasteiger partial charge in [-0.05, 0) is 20.5 Å². The van der Waals surface area contributed by atoms with E-state index < -0.39 is 0 Å². The summed E-state index contributed by atoms with van der Waals surface area (Å²) in [5.41, 5.74) is 0.986. The van der Waals surface area contributed by atoms with Crippen LogP contribution in [0.2, 0.25) is 0 Å². The van der Waals surface area contributed by atoms with Crippen LogP contribution < -0.4 is 5.32 Å². The summed E-state index contributed by atoms with van der Waals surface area (Å²) in [6, 6.07) is 0. The largest absolute Gasteiger partial charge is 0.447 e. The summed E-state index contributed by atoms with van der Waals surface area (Å²) in [4.78, 5) is 6.28. The number of aromatic nitrogens is 1. The van der Waals surface area contributed by atoms with Crippen LogP contribution in [0.5, 0.6) is 0 Å². The van der Waals surface area contributed by atoms with E-state index in [4.69, 9.17) is 4.42 Å². The quantitative estimate of drug-likeness (QED) is 0.691. The van der Waals surface area contributed by atoms with Crippen molar-refractivity contribution < 1.29 is 4.42 Å². The molecule has 0 unspecified atom stereocenters. The SMILES string of the molecule is CCNCCN(C)Cc1ocnc1C. The summed E-state index contributed by atoms with van der Waals surface area (Å²) in [5, 5.41) is 3.29. The normalized spacial score (nSPS) is 11.1. The Morgan fingerprint density at radius 3 is 2.93 bits per heavy atom. The maximum Gasteiger partial charge on any atom is 0.181 e. The van der Waals surface area contributed by atoms with Crippen molar-refractivity contribution in [2.45, 2.75) is 20.4 Å². The molecule has 0 atom stereocenters. The highest BCUT2D eigenvalue weighted by atomic mass is 16.3. The zero-order valence-corrected chi connectivity index (χ0v) is 9.21. The first-order chi connectivity index (χ1) is 6.74. The molecule has 0 saturated heterocycles. The Morgan fingerprint density at radius 1 is 1.57 bits per heavy atom. The Labute approximate surface area is 85.3 Å². The fourth-order valence-electron chi connectivity index (χ4n) is 1.25. The molecule has 0 aliphatic carbocycles. The first-order valence-corrected chi connectivity index (χ1v) is 5.02. The molecule has 0 saturated carbocycles. The predicted octanol–water partition coefficient (Wildman–Crippen LogP) is 1.02. The number of nitrogens with one attached hydrogen (secondary N) is 1. The Morgan fingerprint density at radius 2 is 2.36 bits per heavy atom. The number of rotatable bonds is 6. The van der Waals surface area contributed by atoms with Crippen LogP contribution in [-0.4, -0.2) is 36.6 Å². The molecule has 4 heteroatoms. The standard InChI is InChI=1S/C10H19N3O/c1-4-11-5-6-13(3)7-10-9(2)12-8-14-10/h8,11H,4-7H2,1-3H3. The molecule has 1 rings (SSSR count). The zero-order valence-electron chi connectivity index (χ0n) is 9.21. The van der Waals surface area contributed by atoms with Crippen LogP contribution in [0, 0.1) is 6.92 Å². The number of oxazole rings is 1. The van der Waals surface area contributed by atoms with Crippen molar-refractivity contribution in [1.82, 2.24) is 15.2 Å². The molecule has 0 aliphatic rings. The third-order valence-electron chi connectivity index (χ3n) is 2.18. The Kier molecular flexibility index (Phi) is 4.62. The van der Waals surface area contributed by atoms with Crippen molar-refractivity contribution in [2.24, 2.45) is 0 Å². The minimum atomic E-state index is 0.831. The average Bonchev–Trinajstić information content (AvgIpc) is 2.52. The van der Waals surface area contributed by atoms with Gasteiger partial charge >= 0.3 is 0 Å². The number of nitrogens with zero attached hydrogens (tertiary/aromatic N) is 2. The van der Waals surface area contributed by atoms with E-state index in [0.717, 1.165) is 37.6 Å². The highest BCUT2D eigenvalue weighted by molar-refractivity contribution is 5.03. The molecule has 80 valence electrons. The molecule has 0 aromatic carbocycles. The third kappa shape index (κ3) is 3.47. The molecule has 0 spiro atoms. The van der Waals surface area contributed by atoms with Gasteiger partial charge in [-0.15, -0.1) is 0 Å². The van der Waals surface area contributed by atoms with Gasteiger partial charge in [-0.2, -0.15) is 0 Å². The lowest BCUT2D eigenvalue weighted by atomic mass is 10.3. The predicted molar refractivity (Wildman–Crippen MR) is 56.1 cm³/mol. The van der Waals surface area contributed by atoms with Gasteiger partial charge in [0, 0.05) is 13.1 Å². The first kappa shape index (κ1) is 11.2. The summed E-state index contributed by atoms with van der Waals surface area (Å²) < 4.78 is 5.27. The minimum Gasteiger partial charge on any atom is -0.447 e. The second-order valence-electron chi connectivity index (χ2n) is 3.45. The number of hydrogen-bond acceptors (Lipinski definition) is 4. The van der Waals surface area contributed by atoms with Gasteiger partial charge in [0.15, 0.2) is 6.39 Å². The smallest absolute Gasteiger partial charge is 0.181 e. The molecule has 14 heavy (non-hydrogen) atoms. The van der Waals surface area contributed by atoms with E-state index in [1.54, 1.807) is 0 Å². The molecular weight excluding hydrogens is 178 g/mol. The molecule has 0 radical (unpaired) electrons. The van der Waals surface area contributed by atoms with Crippen molar-refractivity contribution >= 4 is 0 Å². The number of likely N-dealkylation sites (N-methyl/N-ethyl adjacent to an activating group) is 2. The fraction of sp³-hybridized carbons (Fsp3) is 0.700. The second kappa shape index (κ2) is 5.78. The molecular formula is C10H19N3O. The van der Waals surface area contributed by atoms with Gasteiger partial charge in [0.25, 0.3) is 0 Å². The fourth-order valence-corrected chi connectivity index (χ4v) is 1.25. The summed E-state index contributed by atoms with van der Waals surface area (Å²) in [6.45, 7) is 7.97. The zero-order chi connectivity index (χ0) is 10.4. The lowest BCUT2D eigenvalue weighted by molar-refractivity contribution is 0.293. The Hall–Kier alpha value is -0.870. The van der Waals surface area contributed by atoms with Crippen LogP contribution in [0.25, 0.3) is 0 Å². The van der Waals surface area contributed by atoms with Gasteiger partial charge in [0.1, 0.15) is 5.76 Å². The van der Waals surface area contributed by atoms with Gasteiger partial charge < -0.3 is 9.73 Å². The van der Waals surface area contributed by atoms with Crippen LogP contribution in [0.15, 0.2) is 10.8 Å². The van der Waals surface area contributed by atoms with Crippen molar-refractivity contribution in [3.8, 4) is 0 Å². The lowest BCUT2D eigenvalue weighted by Crippen LogP contribution is -2.28. The van der Waals surface area contributed by atoms with Gasteiger partial charge in [0.05, 0.1) is 12.2 Å². The van der Waals surface area contributed by atoms with Crippen molar-refractivity contribution in [3.63, 3.8) is 0 Å². The monoisotopic (exact) mass is 197 g/mol. The molecule has 0 aliphatic heterocycles. The lowest BCUT2D eigenvalue weighted by Gasteiger charge is -2.15. The van der Waals surface area contributed by atoms with E-state index in [9.17, 15) is 0 Å². The molecule has 0 bridgehead atoms. The highest BCUT2D eigenvalue weighted by Gasteiger charge is 2.06. The van der Waals surface area contributed by atoms with Crippen LogP contribution in [0.1, 0.15) is 18.4 Å². The number of hydrogen-bond donors (Lipinski definition) is 1. The summed E-state index contributed by atoms with van der Waals surface area (Å²) in [5.74, 6) is 0.962. The van der Waals surface area contributed by atoms with E-state index in [-0.39, 0.29) is 0 Å². The minimum absolute atomic E-state index is 0.831.